The maximum Gasteiger partial charge on any atom is 0.217 e. The van der Waals surface area contributed by atoms with E-state index >= 15 is 0 Å². The minimum atomic E-state index is -0.563. The van der Waals surface area contributed by atoms with Crippen molar-refractivity contribution in [2.24, 2.45) is 0 Å². The molecule has 3 rings (SSSR count). The summed E-state index contributed by atoms with van der Waals surface area (Å²) in [4.78, 5) is 15.0. The van der Waals surface area contributed by atoms with E-state index < -0.39 is 5.54 Å². The first-order chi connectivity index (χ1) is 10.1. The van der Waals surface area contributed by atoms with Crippen molar-refractivity contribution in [3.05, 3.63) is 71.9 Å². The highest BCUT2D eigenvalue weighted by molar-refractivity contribution is 5.86. The van der Waals surface area contributed by atoms with Crippen LogP contribution in [-0.4, -0.2) is 10.9 Å². The van der Waals surface area contributed by atoms with E-state index in [0.717, 1.165) is 22.0 Å². The second-order valence-corrected chi connectivity index (χ2v) is 5.42. The van der Waals surface area contributed by atoms with E-state index in [0.29, 0.717) is 0 Å². The van der Waals surface area contributed by atoms with Crippen LogP contribution >= 0.6 is 0 Å². The molecule has 0 saturated carbocycles. The molecule has 0 radical (unpaired) electrons. The Bertz CT molecular complexity index is 776. The molecule has 2 aromatic carbocycles. The Morgan fingerprint density at radius 2 is 1.71 bits per heavy atom. The fraction of sp³-hybridized carbons (Fsp3) is 0.167. The van der Waals surface area contributed by atoms with Crippen LogP contribution in [0.2, 0.25) is 0 Å². The molecule has 1 aromatic heterocycles. The van der Waals surface area contributed by atoms with Crippen LogP contribution in [0.4, 0.5) is 0 Å². The summed E-state index contributed by atoms with van der Waals surface area (Å²) in [6.45, 7) is 3.59. The summed E-state index contributed by atoms with van der Waals surface area (Å²) < 4.78 is 0. The Balaban J connectivity index is 2.22. The number of hydrogen-bond donors (Lipinski definition) is 2. The van der Waals surface area contributed by atoms with Crippen molar-refractivity contribution in [3.63, 3.8) is 0 Å². The smallest absolute Gasteiger partial charge is 0.217 e. The number of aromatic amines is 1. The Morgan fingerprint density at radius 1 is 1.05 bits per heavy atom. The average Bonchev–Trinajstić information content (AvgIpc) is 2.92. The van der Waals surface area contributed by atoms with Gasteiger partial charge in [0.25, 0.3) is 0 Å². The minimum absolute atomic E-state index is 0.0494. The molecule has 0 aliphatic rings. The molecule has 2 N–H and O–H groups in total. The average molecular weight is 278 g/mol. The minimum Gasteiger partial charge on any atom is -0.361 e. The first kappa shape index (κ1) is 13.4. The number of benzene rings is 2. The molecule has 0 saturated heterocycles. The molecule has 106 valence electrons. The summed E-state index contributed by atoms with van der Waals surface area (Å²) in [5, 5.41) is 4.23. The van der Waals surface area contributed by atoms with Crippen molar-refractivity contribution in [1.82, 2.24) is 10.3 Å². The fourth-order valence-corrected chi connectivity index (χ4v) is 2.90. The van der Waals surface area contributed by atoms with Crippen LogP contribution in [-0.2, 0) is 10.3 Å². The van der Waals surface area contributed by atoms with Gasteiger partial charge in [-0.25, -0.2) is 0 Å². The SMILES string of the molecule is CC(=O)NC(C)(c1ccccc1)c1c[nH]c2ccccc12. The number of hydrogen-bond acceptors (Lipinski definition) is 1. The van der Waals surface area contributed by atoms with Gasteiger partial charge in [0.15, 0.2) is 0 Å². The second-order valence-electron chi connectivity index (χ2n) is 5.42. The molecule has 3 aromatic rings. The molecule has 1 heterocycles. The molecule has 1 unspecified atom stereocenters. The van der Waals surface area contributed by atoms with E-state index in [1.165, 1.54) is 0 Å². The monoisotopic (exact) mass is 278 g/mol. The summed E-state index contributed by atoms with van der Waals surface area (Å²) >= 11 is 0. The summed E-state index contributed by atoms with van der Waals surface area (Å²) in [6.07, 6.45) is 1.98. The normalized spacial score (nSPS) is 13.8. The maximum atomic E-state index is 11.7. The lowest BCUT2D eigenvalue weighted by Crippen LogP contribution is -2.43. The zero-order valence-electron chi connectivity index (χ0n) is 12.2. The van der Waals surface area contributed by atoms with E-state index in [4.69, 9.17) is 0 Å². The van der Waals surface area contributed by atoms with E-state index in [1.54, 1.807) is 6.92 Å². The summed E-state index contributed by atoms with van der Waals surface area (Å²) in [5.74, 6) is -0.0494. The first-order valence-electron chi connectivity index (χ1n) is 7.02. The molecule has 1 atom stereocenters. The largest absolute Gasteiger partial charge is 0.361 e. The molecule has 3 nitrogen and oxygen atoms in total. The third-order valence-electron chi connectivity index (χ3n) is 3.91. The van der Waals surface area contributed by atoms with Crippen molar-refractivity contribution in [1.29, 1.82) is 0 Å². The van der Waals surface area contributed by atoms with Gasteiger partial charge in [-0.3, -0.25) is 4.79 Å². The van der Waals surface area contributed by atoms with E-state index in [2.05, 4.69) is 16.4 Å². The number of amides is 1. The van der Waals surface area contributed by atoms with Crippen molar-refractivity contribution >= 4 is 16.8 Å². The van der Waals surface area contributed by atoms with Gasteiger partial charge in [-0.15, -0.1) is 0 Å². The number of aromatic nitrogens is 1. The van der Waals surface area contributed by atoms with Crippen LogP contribution in [0.25, 0.3) is 10.9 Å². The molecule has 3 heteroatoms. The van der Waals surface area contributed by atoms with Crippen LogP contribution < -0.4 is 5.32 Å². The second kappa shape index (κ2) is 5.09. The van der Waals surface area contributed by atoms with Crippen molar-refractivity contribution in [2.75, 3.05) is 0 Å². The van der Waals surface area contributed by atoms with Gasteiger partial charge in [0.2, 0.25) is 5.91 Å². The lowest BCUT2D eigenvalue weighted by molar-refractivity contribution is -0.120. The molecule has 0 fully saturated rings. The zero-order chi connectivity index (χ0) is 14.9. The molecule has 21 heavy (non-hydrogen) atoms. The molecule has 0 aliphatic carbocycles. The van der Waals surface area contributed by atoms with Gasteiger partial charge in [-0.1, -0.05) is 48.5 Å². The quantitative estimate of drug-likeness (QED) is 0.756. The van der Waals surface area contributed by atoms with Gasteiger partial charge in [-0.2, -0.15) is 0 Å². The topological polar surface area (TPSA) is 44.9 Å². The zero-order valence-corrected chi connectivity index (χ0v) is 12.2. The van der Waals surface area contributed by atoms with E-state index in [-0.39, 0.29) is 5.91 Å². The molecular formula is C18H18N2O. The van der Waals surface area contributed by atoms with Crippen LogP contribution in [0.1, 0.15) is 25.0 Å². The summed E-state index contributed by atoms with van der Waals surface area (Å²) in [7, 11) is 0. The third kappa shape index (κ3) is 2.31. The standard InChI is InChI=1S/C18H18N2O/c1-13(21)20-18(2,14-8-4-3-5-9-14)16-12-19-17-11-7-6-10-15(16)17/h3-12,19H,1-2H3,(H,20,21). The van der Waals surface area contributed by atoms with Crippen LogP contribution in [0, 0.1) is 0 Å². The van der Waals surface area contributed by atoms with E-state index in [9.17, 15) is 4.79 Å². The number of fused-ring (bicyclic) bond motifs is 1. The van der Waals surface area contributed by atoms with Gasteiger partial charge in [0.05, 0.1) is 5.54 Å². The number of carbonyl (C=O) groups is 1. The highest BCUT2D eigenvalue weighted by Gasteiger charge is 2.31. The number of rotatable bonds is 3. The van der Waals surface area contributed by atoms with Crippen molar-refractivity contribution < 1.29 is 4.79 Å². The Labute approximate surface area is 124 Å². The lowest BCUT2D eigenvalue weighted by atomic mass is 9.84. The van der Waals surface area contributed by atoms with Gasteiger partial charge < -0.3 is 10.3 Å². The number of nitrogens with one attached hydrogen (secondary N) is 2. The molecule has 0 aliphatic heterocycles. The van der Waals surface area contributed by atoms with Crippen molar-refractivity contribution in [2.45, 2.75) is 19.4 Å². The Hall–Kier alpha value is -2.55. The first-order valence-corrected chi connectivity index (χ1v) is 7.02. The number of carbonyl (C=O) groups excluding carboxylic acids is 1. The van der Waals surface area contributed by atoms with Gasteiger partial charge in [0.1, 0.15) is 0 Å². The number of para-hydroxylation sites is 1. The van der Waals surface area contributed by atoms with Crippen LogP contribution in [0.5, 0.6) is 0 Å². The van der Waals surface area contributed by atoms with Gasteiger partial charge in [-0.05, 0) is 18.6 Å². The number of H-pyrrole nitrogens is 1. The van der Waals surface area contributed by atoms with Crippen LogP contribution in [0.15, 0.2) is 60.8 Å². The van der Waals surface area contributed by atoms with Gasteiger partial charge in [0, 0.05) is 29.6 Å². The van der Waals surface area contributed by atoms with E-state index in [1.807, 2.05) is 61.7 Å². The summed E-state index contributed by atoms with van der Waals surface area (Å²) in [6, 6.07) is 18.2. The molecular weight excluding hydrogens is 260 g/mol. The molecule has 1 amide bonds. The van der Waals surface area contributed by atoms with Crippen LogP contribution in [0.3, 0.4) is 0 Å². The lowest BCUT2D eigenvalue weighted by Gasteiger charge is -2.31. The Morgan fingerprint density at radius 3 is 2.43 bits per heavy atom. The maximum absolute atomic E-state index is 11.7. The summed E-state index contributed by atoms with van der Waals surface area (Å²) in [5.41, 5.74) is 2.64. The van der Waals surface area contributed by atoms with Gasteiger partial charge >= 0.3 is 0 Å². The molecule has 0 bridgehead atoms. The molecule has 0 spiro atoms. The Kier molecular flexibility index (Phi) is 3.26. The predicted octanol–water partition coefficient (Wildman–Crippen LogP) is 3.57. The predicted molar refractivity (Wildman–Crippen MR) is 85.0 cm³/mol. The highest BCUT2D eigenvalue weighted by Crippen LogP contribution is 2.34. The fourth-order valence-electron chi connectivity index (χ4n) is 2.90. The van der Waals surface area contributed by atoms with Crippen molar-refractivity contribution in [3.8, 4) is 0 Å². The highest BCUT2D eigenvalue weighted by atomic mass is 16.1. The third-order valence-corrected chi connectivity index (χ3v) is 3.91.